The fraction of sp³-hybridized carbons (Fsp3) is 0.952. The second-order valence-electron chi connectivity index (χ2n) is 15.4. The largest absolute Gasteiger partial charge is 0.472 e. The van der Waals surface area contributed by atoms with Crippen LogP contribution in [0.15, 0.2) is 0 Å². The number of rotatable bonds is 40. The van der Waals surface area contributed by atoms with Gasteiger partial charge in [0.05, 0.1) is 26.7 Å². The van der Waals surface area contributed by atoms with Gasteiger partial charge >= 0.3 is 19.8 Å². The lowest BCUT2D eigenvalue weighted by Gasteiger charge is -2.32. The van der Waals surface area contributed by atoms with Gasteiger partial charge in [0.25, 0.3) is 0 Å². The number of likely N-dealkylation sites (N-methyl/N-ethyl adjacent to an activating group) is 1. The Morgan fingerprint density at radius 3 is 1.29 bits per heavy atom. The molecule has 52 heavy (non-hydrogen) atoms. The fourth-order valence-electron chi connectivity index (χ4n) is 6.32. The fourth-order valence-corrected chi connectivity index (χ4v) is 7.07. The van der Waals surface area contributed by atoms with Crippen LogP contribution in [0.2, 0.25) is 0 Å². The van der Waals surface area contributed by atoms with Crippen molar-refractivity contribution in [1.82, 2.24) is 0 Å². The van der Waals surface area contributed by atoms with Crippen molar-refractivity contribution in [2.45, 2.75) is 214 Å². The lowest BCUT2D eigenvalue weighted by Crippen LogP contribution is -2.45. The summed E-state index contributed by atoms with van der Waals surface area (Å²) in [5.41, 5.74) is 0. The third kappa shape index (κ3) is 33.6. The van der Waals surface area contributed by atoms with Crippen molar-refractivity contribution in [3.8, 4) is 0 Å². The van der Waals surface area contributed by atoms with E-state index in [0.717, 1.165) is 51.6 Å². The zero-order valence-corrected chi connectivity index (χ0v) is 35.7. The highest BCUT2D eigenvalue weighted by Crippen LogP contribution is 2.43. The number of phosphoric acid groups is 1. The van der Waals surface area contributed by atoms with E-state index in [1.807, 2.05) is 0 Å². The maximum atomic E-state index is 12.7. The van der Waals surface area contributed by atoms with Crippen molar-refractivity contribution in [3.05, 3.63) is 0 Å². The van der Waals surface area contributed by atoms with E-state index in [9.17, 15) is 19.0 Å². The summed E-state index contributed by atoms with van der Waals surface area (Å²) in [6.07, 6.45) is 31.4. The van der Waals surface area contributed by atoms with Crippen LogP contribution < -0.4 is 0 Å². The molecule has 0 saturated carbocycles. The molecular weight excluding hydrogens is 677 g/mol. The van der Waals surface area contributed by atoms with Gasteiger partial charge in [0, 0.05) is 12.8 Å². The molecular formula is C42H85NO8P+. The summed E-state index contributed by atoms with van der Waals surface area (Å²) >= 11 is 0. The minimum absolute atomic E-state index is 0.0591. The van der Waals surface area contributed by atoms with Crippen molar-refractivity contribution in [1.29, 1.82) is 0 Å². The van der Waals surface area contributed by atoms with E-state index < -0.39 is 26.5 Å². The Morgan fingerprint density at radius 1 is 0.538 bits per heavy atom. The van der Waals surface area contributed by atoms with Crippen LogP contribution in [0, 0.1) is 0 Å². The predicted molar refractivity (Wildman–Crippen MR) is 215 cm³/mol. The molecule has 2 atom stereocenters. The van der Waals surface area contributed by atoms with Crippen LogP contribution in [0.5, 0.6) is 0 Å². The number of nitrogens with zero attached hydrogens (tertiary/aromatic N) is 1. The summed E-state index contributed by atoms with van der Waals surface area (Å²) in [7, 11) is -2.32. The van der Waals surface area contributed by atoms with Gasteiger partial charge in [-0.3, -0.25) is 18.6 Å². The highest BCUT2D eigenvalue weighted by molar-refractivity contribution is 7.47. The Hall–Kier alpha value is -0.990. The highest BCUT2D eigenvalue weighted by Gasteiger charge is 2.27. The average Bonchev–Trinajstić information content (AvgIpc) is 3.13. The second kappa shape index (κ2) is 35.7. The molecule has 0 saturated heterocycles. The molecule has 0 aromatic carbocycles. The number of ether oxygens (including phenoxy) is 2. The van der Waals surface area contributed by atoms with Gasteiger partial charge in [-0.1, -0.05) is 168 Å². The zero-order valence-electron chi connectivity index (χ0n) is 34.8. The number of carbonyl (C=O) groups is 2. The van der Waals surface area contributed by atoms with E-state index in [2.05, 4.69) is 34.7 Å². The van der Waals surface area contributed by atoms with E-state index in [4.69, 9.17) is 18.5 Å². The normalized spacial score (nSPS) is 13.6. The Morgan fingerprint density at radius 2 is 0.904 bits per heavy atom. The Kier molecular flexibility index (Phi) is 35.0. The van der Waals surface area contributed by atoms with Crippen LogP contribution in [-0.2, 0) is 32.7 Å². The Balaban J connectivity index is 4.48. The number of hydrogen-bond donors (Lipinski definition) is 1. The van der Waals surface area contributed by atoms with Gasteiger partial charge in [0.2, 0.25) is 0 Å². The molecule has 0 aromatic rings. The summed E-state index contributed by atoms with van der Waals surface area (Å²) in [6, 6.07) is 0. The molecule has 0 rings (SSSR count). The molecule has 0 aromatic heterocycles. The maximum Gasteiger partial charge on any atom is 0.472 e. The molecule has 0 aliphatic rings. The van der Waals surface area contributed by atoms with Crippen LogP contribution in [0.25, 0.3) is 0 Å². The summed E-state index contributed by atoms with van der Waals surface area (Å²) in [5.74, 6) is -0.780. The van der Waals surface area contributed by atoms with Gasteiger partial charge in [0.1, 0.15) is 19.8 Å². The van der Waals surface area contributed by atoms with E-state index in [1.165, 1.54) is 128 Å². The number of esters is 2. The van der Waals surface area contributed by atoms with Crippen LogP contribution in [-0.4, -0.2) is 73.9 Å². The van der Waals surface area contributed by atoms with Crippen molar-refractivity contribution >= 4 is 19.8 Å². The predicted octanol–water partition coefficient (Wildman–Crippen LogP) is 12.0. The average molecular weight is 763 g/mol. The van der Waals surface area contributed by atoms with Crippen LogP contribution >= 0.6 is 7.82 Å². The standard InChI is InChI=1S/C42H84NO8P/c1-6-10-12-14-16-18-20-22-24-26-28-30-32-34-41(44)48-38-40(39-50-52(46,47)49-37-36-43(5,8-3)9-4)51-42(45)35-33-31-29-27-25-23-21-19-17-15-13-11-7-2/h40H,6-39H2,1-5H3/p+1. The van der Waals surface area contributed by atoms with Crippen LogP contribution in [0.3, 0.4) is 0 Å². The van der Waals surface area contributed by atoms with E-state index in [-0.39, 0.29) is 25.6 Å². The molecule has 310 valence electrons. The molecule has 0 fully saturated rings. The molecule has 1 N–H and O–H groups in total. The number of carbonyl (C=O) groups excluding carboxylic acids is 2. The molecule has 0 bridgehead atoms. The molecule has 0 heterocycles. The number of phosphoric ester groups is 1. The quantitative estimate of drug-likeness (QED) is 0.0284. The maximum absolute atomic E-state index is 12.7. The van der Waals surface area contributed by atoms with Gasteiger partial charge in [-0.2, -0.15) is 0 Å². The van der Waals surface area contributed by atoms with Gasteiger partial charge in [-0.25, -0.2) is 4.57 Å². The van der Waals surface area contributed by atoms with Gasteiger partial charge in [0.15, 0.2) is 6.10 Å². The molecule has 0 amide bonds. The van der Waals surface area contributed by atoms with Crippen molar-refractivity contribution in [3.63, 3.8) is 0 Å². The monoisotopic (exact) mass is 763 g/mol. The molecule has 0 aliphatic carbocycles. The summed E-state index contributed by atoms with van der Waals surface area (Å²) in [6.45, 7) is 10.4. The van der Waals surface area contributed by atoms with E-state index in [0.29, 0.717) is 17.4 Å². The lowest BCUT2D eigenvalue weighted by molar-refractivity contribution is -0.906. The third-order valence-electron chi connectivity index (χ3n) is 10.5. The topological polar surface area (TPSA) is 108 Å². The number of hydrogen-bond acceptors (Lipinski definition) is 7. The van der Waals surface area contributed by atoms with Crippen molar-refractivity contribution in [2.75, 3.05) is 46.5 Å². The Bertz CT molecular complexity index is 869. The van der Waals surface area contributed by atoms with Gasteiger partial charge in [-0.15, -0.1) is 0 Å². The van der Waals surface area contributed by atoms with Gasteiger partial charge in [-0.05, 0) is 26.7 Å². The minimum Gasteiger partial charge on any atom is -0.462 e. The first kappa shape index (κ1) is 51.0. The Labute approximate surface area is 321 Å². The first-order valence-electron chi connectivity index (χ1n) is 21.9. The van der Waals surface area contributed by atoms with Gasteiger partial charge < -0.3 is 18.9 Å². The van der Waals surface area contributed by atoms with E-state index in [1.54, 1.807) is 0 Å². The van der Waals surface area contributed by atoms with E-state index >= 15 is 0 Å². The summed E-state index contributed by atoms with van der Waals surface area (Å²) in [4.78, 5) is 35.5. The van der Waals surface area contributed by atoms with Crippen molar-refractivity contribution in [2.24, 2.45) is 0 Å². The summed E-state index contributed by atoms with van der Waals surface area (Å²) < 4.78 is 34.8. The number of unbranched alkanes of at least 4 members (excludes halogenated alkanes) is 24. The molecule has 10 heteroatoms. The van der Waals surface area contributed by atoms with Crippen LogP contribution in [0.4, 0.5) is 0 Å². The molecule has 0 spiro atoms. The molecule has 2 unspecified atom stereocenters. The first-order valence-corrected chi connectivity index (χ1v) is 23.4. The SMILES string of the molecule is CCCCCCCCCCCCCCCC(=O)OCC(COP(=O)(O)OCC[N+](C)(CC)CC)OC(=O)CCCCCCCCCCCCCCC. The minimum atomic E-state index is -4.38. The lowest BCUT2D eigenvalue weighted by atomic mass is 10.0. The van der Waals surface area contributed by atoms with Crippen LogP contribution in [0.1, 0.15) is 207 Å². The highest BCUT2D eigenvalue weighted by atomic mass is 31.2. The molecule has 0 aliphatic heterocycles. The first-order chi connectivity index (χ1) is 25.1. The zero-order chi connectivity index (χ0) is 38.6. The smallest absolute Gasteiger partial charge is 0.462 e. The number of quaternary nitrogens is 1. The molecule has 9 nitrogen and oxygen atoms in total. The molecule has 0 radical (unpaired) electrons. The summed E-state index contributed by atoms with van der Waals surface area (Å²) in [5, 5.41) is 0. The van der Waals surface area contributed by atoms with Crippen molar-refractivity contribution < 1.29 is 42.1 Å². The third-order valence-corrected chi connectivity index (χ3v) is 11.5. The second-order valence-corrected chi connectivity index (χ2v) is 16.8.